The summed E-state index contributed by atoms with van der Waals surface area (Å²) in [5, 5.41) is 6.80. The topological polar surface area (TPSA) is 82.5 Å². The highest BCUT2D eigenvalue weighted by atomic mass is 16.6. The van der Waals surface area contributed by atoms with E-state index in [1.807, 2.05) is 57.3 Å². The zero-order valence-corrected chi connectivity index (χ0v) is 17.4. The molecule has 1 unspecified atom stereocenters. The summed E-state index contributed by atoms with van der Waals surface area (Å²) in [4.78, 5) is 24.7. The largest absolute Gasteiger partial charge is 0.459 e. The van der Waals surface area contributed by atoms with Gasteiger partial charge in [-0.1, -0.05) is 32.9 Å². The first-order valence-corrected chi connectivity index (χ1v) is 9.21. The fourth-order valence-corrected chi connectivity index (χ4v) is 2.46. The first-order valence-electron chi connectivity index (χ1n) is 9.21. The monoisotopic (exact) mass is 387 g/mol. The van der Waals surface area contributed by atoms with E-state index in [1.165, 1.54) is 0 Å². The lowest BCUT2D eigenvalue weighted by Gasteiger charge is -2.30. The van der Waals surface area contributed by atoms with Gasteiger partial charge in [-0.15, -0.1) is 0 Å². The third-order valence-electron chi connectivity index (χ3n) is 3.85. The lowest BCUT2D eigenvalue weighted by Crippen LogP contribution is -2.51. The molecule has 1 amide bonds. The molecule has 0 fully saturated rings. The summed E-state index contributed by atoms with van der Waals surface area (Å²) in [6.07, 6.45) is 2.92. The molecule has 1 heterocycles. The molecule has 152 valence electrons. The molecule has 2 aromatic rings. The van der Waals surface area contributed by atoms with Crippen molar-refractivity contribution in [1.29, 1.82) is 0 Å². The van der Waals surface area contributed by atoms with Gasteiger partial charge < -0.3 is 14.8 Å². The smallest absolute Gasteiger partial charge is 0.408 e. The number of carbonyl (C=O) groups is 2. The Hall–Kier alpha value is -2.83. The lowest BCUT2D eigenvalue weighted by atomic mass is 9.87. The van der Waals surface area contributed by atoms with Crippen molar-refractivity contribution in [1.82, 2.24) is 15.1 Å². The Labute approximate surface area is 166 Å². The second kappa shape index (κ2) is 8.46. The van der Waals surface area contributed by atoms with Gasteiger partial charge in [0.2, 0.25) is 0 Å². The number of benzene rings is 1. The summed E-state index contributed by atoms with van der Waals surface area (Å²) in [7, 11) is 0. The molecule has 1 aromatic heterocycles. The standard InChI is InChI=1S/C21H29N3O4/c1-20(2,3)17(23-19(26)28-21(4,5)6)18(25)27-14-15-8-10-16(11-9-15)24-13-7-12-22-24/h7-13,17H,14H2,1-6H3,(H,23,26). The SMILES string of the molecule is CC(C)(C)OC(=O)NC(C(=O)OCc1ccc(-n2cccn2)cc1)C(C)(C)C. The number of carbonyl (C=O) groups excluding carboxylic acids is 2. The van der Waals surface area contributed by atoms with Crippen LogP contribution >= 0.6 is 0 Å². The molecule has 1 atom stereocenters. The predicted octanol–water partition coefficient (Wildman–Crippen LogP) is 3.85. The molecular formula is C21H29N3O4. The summed E-state index contributed by atoms with van der Waals surface area (Å²) < 4.78 is 12.5. The fraction of sp³-hybridized carbons (Fsp3) is 0.476. The van der Waals surface area contributed by atoms with Crippen LogP contribution in [0.4, 0.5) is 4.79 Å². The average molecular weight is 387 g/mol. The molecule has 0 bridgehead atoms. The van der Waals surface area contributed by atoms with Crippen molar-refractivity contribution >= 4 is 12.1 Å². The number of aromatic nitrogens is 2. The Morgan fingerprint density at radius 2 is 1.75 bits per heavy atom. The first kappa shape index (κ1) is 21.5. The van der Waals surface area contributed by atoms with Crippen molar-refractivity contribution in [3.63, 3.8) is 0 Å². The number of alkyl carbamates (subject to hydrolysis) is 1. The predicted molar refractivity (Wildman–Crippen MR) is 106 cm³/mol. The van der Waals surface area contributed by atoms with E-state index >= 15 is 0 Å². The number of ether oxygens (including phenoxy) is 2. The van der Waals surface area contributed by atoms with Crippen LogP contribution in [0.5, 0.6) is 0 Å². The highest BCUT2D eigenvalue weighted by Crippen LogP contribution is 2.22. The Bertz CT molecular complexity index is 785. The van der Waals surface area contributed by atoms with Crippen LogP contribution in [0.2, 0.25) is 0 Å². The van der Waals surface area contributed by atoms with Crippen molar-refractivity contribution in [3.8, 4) is 5.69 Å². The van der Waals surface area contributed by atoms with Crippen LogP contribution in [0.1, 0.15) is 47.1 Å². The maximum atomic E-state index is 12.6. The molecule has 0 aliphatic rings. The van der Waals surface area contributed by atoms with Gasteiger partial charge in [-0.25, -0.2) is 14.3 Å². The quantitative estimate of drug-likeness (QED) is 0.788. The summed E-state index contributed by atoms with van der Waals surface area (Å²) >= 11 is 0. The Morgan fingerprint density at radius 3 is 2.25 bits per heavy atom. The zero-order chi connectivity index (χ0) is 20.9. The van der Waals surface area contributed by atoms with Crippen LogP contribution in [-0.2, 0) is 20.9 Å². The van der Waals surface area contributed by atoms with E-state index in [0.29, 0.717) is 0 Å². The Kier molecular flexibility index (Phi) is 6.48. The second-order valence-electron chi connectivity index (χ2n) is 8.67. The average Bonchev–Trinajstić information content (AvgIpc) is 3.10. The summed E-state index contributed by atoms with van der Waals surface area (Å²) in [6.45, 7) is 11.0. The van der Waals surface area contributed by atoms with Gasteiger partial charge in [0.1, 0.15) is 18.2 Å². The van der Waals surface area contributed by atoms with Gasteiger partial charge in [0.15, 0.2) is 0 Å². The third kappa shape index (κ3) is 6.40. The summed E-state index contributed by atoms with van der Waals surface area (Å²) in [5.41, 5.74) is 0.582. The molecule has 7 nitrogen and oxygen atoms in total. The number of nitrogens with zero attached hydrogens (tertiary/aromatic N) is 2. The molecule has 0 aliphatic heterocycles. The minimum atomic E-state index is -0.828. The van der Waals surface area contributed by atoms with Gasteiger partial charge in [0, 0.05) is 12.4 Å². The van der Waals surface area contributed by atoms with E-state index in [9.17, 15) is 9.59 Å². The Morgan fingerprint density at radius 1 is 1.11 bits per heavy atom. The molecule has 1 N–H and O–H groups in total. The van der Waals surface area contributed by atoms with Crippen molar-refractivity contribution in [2.24, 2.45) is 5.41 Å². The van der Waals surface area contributed by atoms with E-state index in [-0.39, 0.29) is 6.61 Å². The van der Waals surface area contributed by atoms with E-state index < -0.39 is 29.1 Å². The van der Waals surface area contributed by atoms with E-state index in [2.05, 4.69) is 10.4 Å². The van der Waals surface area contributed by atoms with Gasteiger partial charge in [0.05, 0.1) is 5.69 Å². The van der Waals surface area contributed by atoms with Gasteiger partial charge in [-0.2, -0.15) is 5.10 Å². The first-order chi connectivity index (χ1) is 13.0. The molecule has 28 heavy (non-hydrogen) atoms. The number of esters is 1. The highest BCUT2D eigenvalue weighted by Gasteiger charge is 2.35. The van der Waals surface area contributed by atoms with Crippen LogP contribution in [-0.4, -0.2) is 33.5 Å². The van der Waals surface area contributed by atoms with E-state index in [4.69, 9.17) is 9.47 Å². The fourth-order valence-electron chi connectivity index (χ4n) is 2.46. The van der Waals surface area contributed by atoms with Gasteiger partial charge in [-0.3, -0.25) is 0 Å². The molecule has 0 radical (unpaired) electrons. The molecule has 0 spiro atoms. The normalized spacial score (nSPS) is 12.9. The number of amides is 1. The van der Waals surface area contributed by atoms with E-state index in [1.54, 1.807) is 31.6 Å². The summed E-state index contributed by atoms with van der Waals surface area (Å²) in [6, 6.07) is 8.56. The number of rotatable bonds is 5. The molecule has 7 heteroatoms. The third-order valence-corrected chi connectivity index (χ3v) is 3.85. The van der Waals surface area contributed by atoms with Crippen molar-refractivity contribution in [3.05, 3.63) is 48.3 Å². The summed E-state index contributed by atoms with van der Waals surface area (Å²) in [5.74, 6) is -0.505. The number of hydrogen-bond donors (Lipinski definition) is 1. The minimum Gasteiger partial charge on any atom is -0.459 e. The lowest BCUT2D eigenvalue weighted by molar-refractivity contribution is -0.150. The maximum absolute atomic E-state index is 12.6. The molecular weight excluding hydrogens is 358 g/mol. The van der Waals surface area contributed by atoms with Crippen molar-refractivity contribution in [2.45, 2.75) is 59.8 Å². The van der Waals surface area contributed by atoms with Crippen LogP contribution in [0.25, 0.3) is 5.69 Å². The van der Waals surface area contributed by atoms with Crippen LogP contribution in [0.15, 0.2) is 42.7 Å². The highest BCUT2D eigenvalue weighted by molar-refractivity contribution is 5.82. The maximum Gasteiger partial charge on any atom is 0.408 e. The van der Waals surface area contributed by atoms with Gasteiger partial charge in [-0.05, 0) is 49.9 Å². The molecule has 0 saturated carbocycles. The number of hydrogen-bond acceptors (Lipinski definition) is 5. The molecule has 0 aliphatic carbocycles. The zero-order valence-electron chi connectivity index (χ0n) is 17.4. The van der Waals surface area contributed by atoms with Gasteiger partial charge in [0.25, 0.3) is 0 Å². The van der Waals surface area contributed by atoms with Crippen LogP contribution < -0.4 is 5.32 Å². The Balaban J connectivity index is 1.98. The van der Waals surface area contributed by atoms with Crippen molar-refractivity contribution < 1.29 is 19.1 Å². The van der Waals surface area contributed by atoms with Crippen LogP contribution in [0.3, 0.4) is 0 Å². The molecule has 0 saturated heterocycles. The van der Waals surface area contributed by atoms with Gasteiger partial charge >= 0.3 is 12.1 Å². The van der Waals surface area contributed by atoms with Crippen LogP contribution in [0, 0.1) is 5.41 Å². The second-order valence-corrected chi connectivity index (χ2v) is 8.67. The molecule has 2 rings (SSSR count). The molecule has 1 aromatic carbocycles. The van der Waals surface area contributed by atoms with Crippen molar-refractivity contribution in [2.75, 3.05) is 0 Å². The van der Waals surface area contributed by atoms with E-state index in [0.717, 1.165) is 11.3 Å². The minimum absolute atomic E-state index is 0.112. The number of nitrogens with one attached hydrogen (secondary N) is 1.